The fourth-order valence-corrected chi connectivity index (χ4v) is 1.39. The first kappa shape index (κ1) is 14.7. The van der Waals surface area contributed by atoms with Gasteiger partial charge >= 0.3 is 0 Å². The van der Waals surface area contributed by atoms with Crippen molar-refractivity contribution in [2.45, 2.75) is 34.1 Å². The average molecular weight is 252 g/mol. The molecule has 0 radical (unpaired) electrons. The fraction of sp³-hybridized carbons (Fsp3) is 0.692. The van der Waals surface area contributed by atoms with Crippen molar-refractivity contribution in [2.24, 2.45) is 5.41 Å². The SMILES string of the molecule is CCC(C)(C)CNc1cc(NCCO)nc(C)n1. The second kappa shape index (κ2) is 6.54. The standard InChI is InChI=1S/C13H24N4O/c1-5-13(3,4)9-15-12-8-11(14-6-7-18)16-10(2)17-12/h8,18H,5-7,9H2,1-4H3,(H2,14,15,16,17). The monoisotopic (exact) mass is 252 g/mol. The quantitative estimate of drug-likeness (QED) is 0.692. The summed E-state index contributed by atoms with van der Waals surface area (Å²) < 4.78 is 0. The number of hydrogen-bond acceptors (Lipinski definition) is 5. The molecular weight excluding hydrogens is 228 g/mol. The van der Waals surface area contributed by atoms with Crippen LogP contribution >= 0.6 is 0 Å². The van der Waals surface area contributed by atoms with Gasteiger partial charge in [-0.25, -0.2) is 9.97 Å². The van der Waals surface area contributed by atoms with Crippen LogP contribution in [-0.4, -0.2) is 34.8 Å². The van der Waals surface area contributed by atoms with Gasteiger partial charge in [-0.15, -0.1) is 0 Å². The highest BCUT2D eigenvalue weighted by molar-refractivity contribution is 5.47. The van der Waals surface area contributed by atoms with Gasteiger partial charge in [-0.1, -0.05) is 20.8 Å². The van der Waals surface area contributed by atoms with Gasteiger partial charge in [0.15, 0.2) is 0 Å². The van der Waals surface area contributed by atoms with Gasteiger partial charge in [0.05, 0.1) is 6.61 Å². The maximum absolute atomic E-state index is 8.79. The molecule has 1 rings (SSSR count). The summed E-state index contributed by atoms with van der Waals surface area (Å²) in [7, 11) is 0. The molecule has 0 saturated heterocycles. The van der Waals surface area contributed by atoms with Gasteiger partial charge in [0, 0.05) is 19.2 Å². The second-order valence-electron chi connectivity index (χ2n) is 5.21. The molecule has 18 heavy (non-hydrogen) atoms. The van der Waals surface area contributed by atoms with Gasteiger partial charge in [0.2, 0.25) is 0 Å². The van der Waals surface area contributed by atoms with Crippen molar-refractivity contribution < 1.29 is 5.11 Å². The van der Waals surface area contributed by atoms with Crippen molar-refractivity contribution in [2.75, 3.05) is 30.3 Å². The van der Waals surface area contributed by atoms with E-state index in [2.05, 4.69) is 41.4 Å². The highest BCUT2D eigenvalue weighted by Gasteiger charge is 2.15. The van der Waals surface area contributed by atoms with E-state index in [-0.39, 0.29) is 12.0 Å². The Morgan fingerprint density at radius 1 is 1.22 bits per heavy atom. The highest BCUT2D eigenvalue weighted by atomic mass is 16.3. The van der Waals surface area contributed by atoms with Crippen LogP contribution in [0.15, 0.2) is 6.07 Å². The largest absolute Gasteiger partial charge is 0.395 e. The molecule has 3 N–H and O–H groups in total. The van der Waals surface area contributed by atoms with Crippen LogP contribution in [0.25, 0.3) is 0 Å². The molecule has 0 aliphatic heterocycles. The number of nitrogens with zero attached hydrogens (tertiary/aromatic N) is 2. The van der Waals surface area contributed by atoms with Gasteiger partial charge < -0.3 is 15.7 Å². The van der Waals surface area contributed by atoms with Crippen LogP contribution in [0.2, 0.25) is 0 Å². The molecule has 0 unspecified atom stereocenters. The van der Waals surface area contributed by atoms with Crippen LogP contribution in [0.1, 0.15) is 33.0 Å². The molecule has 5 heteroatoms. The van der Waals surface area contributed by atoms with Crippen molar-refractivity contribution >= 4 is 11.6 Å². The third kappa shape index (κ3) is 4.87. The van der Waals surface area contributed by atoms with Crippen molar-refractivity contribution in [3.05, 3.63) is 11.9 Å². The molecule has 0 atom stereocenters. The van der Waals surface area contributed by atoms with Crippen LogP contribution in [0.4, 0.5) is 11.6 Å². The topological polar surface area (TPSA) is 70.1 Å². The molecule has 0 aromatic carbocycles. The molecule has 0 spiro atoms. The fourth-order valence-electron chi connectivity index (χ4n) is 1.39. The Morgan fingerprint density at radius 3 is 2.39 bits per heavy atom. The number of anilines is 2. The maximum Gasteiger partial charge on any atom is 0.131 e. The Hall–Kier alpha value is -1.36. The zero-order valence-electron chi connectivity index (χ0n) is 11.7. The first-order chi connectivity index (χ1) is 8.46. The summed E-state index contributed by atoms with van der Waals surface area (Å²) in [5.41, 5.74) is 0.248. The van der Waals surface area contributed by atoms with Gasteiger partial charge in [-0.3, -0.25) is 0 Å². The van der Waals surface area contributed by atoms with Gasteiger partial charge in [0.25, 0.3) is 0 Å². The third-order valence-electron chi connectivity index (χ3n) is 2.96. The van der Waals surface area contributed by atoms with Crippen LogP contribution in [0.5, 0.6) is 0 Å². The van der Waals surface area contributed by atoms with E-state index in [4.69, 9.17) is 5.11 Å². The molecule has 0 bridgehead atoms. The lowest BCUT2D eigenvalue weighted by atomic mass is 9.90. The normalized spacial score (nSPS) is 11.4. The van der Waals surface area contributed by atoms with Crippen LogP contribution in [0, 0.1) is 12.3 Å². The Morgan fingerprint density at radius 2 is 1.83 bits per heavy atom. The Bertz CT molecular complexity index is 379. The minimum Gasteiger partial charge on any atom is -0.395 e. The molecule has 1 aromatic heterocycles. The number of nitrogens with one attached hydrogen (secondary N) is 2. The van der Waals surface area contributed by atoms with E-state index in [1.54, 1.807) is 0 Å². The molecular formula is C13H24N4O. The second-order valence-corrected chi connectivity index (χ2v) is 5.21. The Labute approximate surface area is 109 Å². The zero-order valence-corrected chi connectivity index (χ0v) is 11.7. The number of aryl methyl sites for hydroxylation is 1. The van der Waals surface area contributed by atoms with E-state index in [1.165, 1.54) is 0 Å². The Balaban J connectivity index is 2.68. The Kier molecular flexibility index (Phi) is 5.34. The summed E-state index contributed by atoms with van der Waals surface area (Å²) in [4.78, 5) is 8.62. The van der Waals surface area contributed by atoms with E-state index < -0.39 is 0 Å². The molecule has 5 nitrogen and oxygen atoms in total. The first-order valence-corrected chi connectivity index (χ1v) is 6.41. The number of aromatic nitrogens is 2. The number of hydrogen-bond donors (Lipinski definition) is 3. The smallest absolute Gasteiger partial charge is 0.131 e. The van der Waals surface area contributed by atoms with Crippen LogP contribution in [-0.2, 0) is 0 Å². The minimum absolute atomic E-state index is 0.0919. The minimum atomic E-state index is 0.0919. The van der Waals surface area contributed by atoms with Crippen molar-refractivity contribution in [3.63, 3.8) is 0 Å². The molecule has 102 valence electrons. The average Bonchev–Trinajstić information content (AvgIpc) is 2.33. The van der Waals surface area contributed by atoms with Gasteiger partial charge in [0.1, 0.15) is 17.5 Å². The van der Waals surface area contributed by atoms with Crippen molar-refractivity contribution in [3.8, 4) is 0 Å². The van der Waals surface area contributed by atoms with Crippen LogP contribution in [0.3, 0.4) is 0 Å². The molecule has 0 fully saturated rings. The maximum atomic E-state index is 8.79. The van der Waals surface area contributed by atoms with E-state index in [1.807, 2.05) is 13.0 Å². The summed E-state index contributed by atoms with van der Waals surface area (Å²) in [6, 6.07) is 1.87. The van der Waals surface area contributed by atoms with Gasteiger partial charge in [-0.2, -0.15) is 0 Å². The zero-order chi connectivity index (χ0) is 13.6. The highest BCUT2D eigenvalue weighted by Crippen LogP contribution is 2.20. The van der Waals surface area contributed by atoms with Gasteiger partial charge in [-0.05, 0) is 18.8 Å². The van der Waals surface area contributed by atoms with Crippen LogP contribution < -0.4 is 10.6 Å². The summed E-state index contributed by atoms with van der Waals surface area (Å²) in [5, 5.41) is 15.2. The lowest BCUT2D eigenvalue weighted by Crippen LogP contribution is -2.22. The summed E-state index contributed by atoms with van der Waals surface area (Å²) >= 11 is 0. The lowest BCUT2D eigenvalue weighted by molar-refractivity contribution is 0.311. The molecule has 0 amide bonds. The first-order valence-electron chi connectivity index (χ1n) is 6.41. The van der Waals surface area contributed by atoms with Crippen molar-refractivity contribution in [1.29, 1.82) is 0 Å². The summed E-state index contributed by atoms with van der Waals surface area (Å²) in [6.07, 6.45) is 1.11. The lowest BCUT2D eigenvalue weighted by Gasteiger charge is -2.23. The van der Waals surface area contributed by atoms with E-state index in [0.717, 1.165) is 30.4 Å². The van der Waals surface area contributed by atoms with E-state index in [0.29, 0.717) is 6.54 Å². The van der Waals surface area contributed by atoms with E-state index in [9.17, 15) is 0 Å². The molecule has 0 saturated carbocycles. The predicted molar refractivity (Wildman–Crippen MR) is 74.9 cm³/mol. The summed E-state index contributed by atoms with van der Waals surface area (Å²) in [6.45, 7) is 9.95. The molecule has 0 aliphatic carbocycles. The summed E-state index contributed by atoms with van der Waals surface area (Å²) in [5.74, 6) is 2.28. The van der Waals surface area contributed by atoms with E-state index >= 15 is 0 Å². The molecule has 1 heterocycles. The third-order valence-corrected chi connectivity index (χ3v) is 2.96. The molecule has 1 aromatic rings. The number of rotatable bonds is 7. The number of aliphatic hydroxyl groups excluding tert-OH is 1. The van der Waals surface area contributed by atoms with Crippen molar-refractivity contribution in [1.82, 2.24) is 9.97 Å². The molecule has 0 aliphatic rings. The number of aliphatic hydroxyl groups is 1. The predicted octanol–water partition coefficient (Wildman–Crippen LogP) is 2.04.